The smallest absolute Gasteiger partial charge is 0.0317 e. The van der Waals surface area contributed by atoms with Crippen LogP contribution in [0.25, 0.3) is 0 Å². The summed E-state index contributed by atoms with van der Waals surface area (Å²) >= 11 is 1.92. The Labute approximate surface area is 67.1 Å². The van der Waals surface area contributed by atoms with Gasteiger partial charge in [-0.05, 0) is 25.0 Å². The van der Waals surface area contributed by atoms with Crippen LogP contribution in [0.2, 0.25) is 0 Å². The van der Waals surface area contributed by atoms with Gasteiger partial charge in [0.25, 0.3) is 0 Å². The number of hydrogen-bond acceptors (Lipinski definition) is 3. The van der Waals surface area contributed by atoms with Gasteiger partial charge < -0.3 is 10.6 Å². The van der Waals surface area contributed by atoms with Crippen LogP contribution in [0.5, 0.6) is 0 Å². The molecule has 0 unspecified atom stereocenters. The molecule has 0 spiro atoms. The van der Waals surface area contributed by atoms with E-state index in [0.717, 1.165) is 6.04 Å². The quantitative estimate of drug-likeness (QED) is 0.566. The average molecular weight is 160 g/mol. The van der Waals surface area contributed by atoms with Gasteiger partial charge in [0.15, 0.2) is 0 Å². The summed E-state index contributed by atoms with van der Waals surface area (Å²) in [5, 5.41) is 6.71. The Morgan fingerprint density at radius 1 is 1.60 bits per heavy atom. The molecule has 1 aliphatic rings. The largest absolute Gasteiger partial charge is 0.314 e. The predicted molar refractivity (Wildman–Crippen MR) is 47.7 cm³/mol. The van der Waals surface area contributed by atoms with Gasteiger partial charge in [-0.15, -0.1) is 0 Å². The van der Waals surface area contributed by atoms with Gasteiger partial charge in [-0.1, -0.05) is 0 Å². The van der Waals surface area contributed by atoms with Crippen LogP contribution in [0.1, 0.15) is 6.42 Å². The van der Waals surface area contributed by atoms with Crippen LogP contribution < -0.4 is 10.6 Å². The fourth-order valence-electron chi connectivity index (χ4n) is 0.956. The highest BCUT2D eigenvalue weighted by Crippen LogP contribution is 1.95. The first-order chi connectivity index (χ1) is 4.93. The fourth-order valence-corrected chi connectivity index (χ4v) is 1.39. The SMILES string of the molecule is CSCCCNC1CNC1. The normalized spacial score (nSPS) is 18.9. The lowest BCUT2D eigenvalue weighted by Crippen LogP contribution is -2.55. The molecule has 0 atom stereocenters. The fraction of sp³-hybridized carbons (Fsp3) is 1.00. The number of hydrogen-bond donors (Lipinski definition) is 2. The molecule has 1 aliphatic heterocycles. The Morgan fingerprint density at radius 2 is 2.40 bits per heavy atom. The second-order valence-corrected chi connectivity index (χ2v) is 3.64. The highest BCUT2D eigenvalue weighted by molar-refractivity contribution is 7.98. The zero-order valence-electron chi connectivity index (χ0n) is 6.52. The van der Waals surface area contributed by atoms with Crippen molar-refractivity contribution < 1.29 is 0 Å². The van der Waals surface area contributed by atoms with E-state index >= 15 is 0 Å². The molecule has 0 aromatic carbocycles. The van der Waals surface area contributed by atoms with Crippen molar-refractivity contribution in [3.05, 3.63) is 0 Å². The Balaban J connectivity index is 1.76. The van der Waals surface area contributed by atoms with Gasteiger partial charge in [0.1, 0.15) is 0 Å². The van der Waals surface area contributed by atoms with E-state index in [0.29, 0.717) is 0 Å². The highest BCUT2D eigenvalue weighted by Gasteiger charge is 2.14. The first-order valence-corrected chi connectivity index (χ1v) is 5.26. The zero-order chi connectivity index (χ0) is 7.23. The summed E-state index contributed by atoms with van der Waals surface area (Å²) in [7, 11) is 0. The van der Waals surface area contributed by atoms with E-state index in [1.807, 2.05) is 11.8 Å². The van der Waals surface area contributed by atoms with Crippen LogP contribution in [0.3, 0.4) is 0 Å². The minimum absolute atomic E-state index is 0.766. The minimum atomic E-state index is 0.766. The first-order valence-electron chi connectivity index (χ1n) is 3.86. The number of thioether (sulfide) groups is 1. The Bertz CT molecular complexity index is 83.7. The van der Waals surface area contributed by atoms with Crippen LogP contribution in [-0.2, 0) is 0 Å². The van der Waals surface area contributed by atoms with Crippen LogP contribution in [0.4, 0.5) is 0 Å². The molecule has 0 aromatic rings. The van der Waals surface area contributed by atoms with Gasteiger partial charge in [-0.25, -0.2) is 0 Å². The van der Waals surface area contributed by atoms with Crippen molar-refractivity contribution in [2.75, 3.05) is 31.6 Å². The van der Waals surface area contributed by atoms with Crippen molar-refractivity contribution in [2.45, 2.75) is 12.5 Å². The van der Waals surface area contributed by atoms with Crippen LogP contribution >= 0.6 is 11.8 Å². The lowest BCUT2D eigenvalue weighted by atomic mass is 10.2. The van der Waals surface area contributed by atoms with Crippen LogP contribution in [-0.4, -0.2) is 37.7 Å². The second kappa shape index (κ2) is 4.99. The van der Waals surface area contributed by atoms with Crippen molar-refractivity contribution in [1.82, 2.24) is 10.6 Å². The molecule has 3 heteroatoms. The number of rotatable bonds is 5. The van der Waals surface area contributed by atoms with E-state index in [2.05, 4.69) is 16.9 Å². The maximum absolute atomic E-state index is 3.48. The first kappa shape index (κ1) is 8.37. The molecule has 2 nitrogen and oxygen atoms in total. The topological polar surface area (TPSA) is 24.1 Å². The lowest BCUT2D eigenvalue weighted by Gasteiger charge is -2.28. The summed E-state index contributed by atoms with van der Waals surface area (Å²) in [6.07, 6.45) is 3.46. The third-order valence-electron chi connectivity index (χ3n) is 1.74. The van der Waals surface area contributed by atoms with Gasteiger partial charge in [-0.3, -0.25) is 0 Å². The molecular weight excluding hydrogens is 144 g/mol. The van der Waals surface area contributed by atoms with E-state index in [4.69, 9.17) is 0 Å². The van der Waals surface area contributed by atoms with Crippen molar-refractivity contribution in [1.29, 1.82) is 0 Å². The standard InChI is InChI=1S/C7H16N2S/c1-10-4-2-3-9-7-5-8-6-7/h7-9H,2-6H2,1H3. The molecular formula is C7H16N2S. The average Bonchev–Trinajstić information content (AvgIpc) is 1.84. The van der Waals surface area contributed by atoms with Crippen molar-refractivity contribution in [3.63, 3.8) is 0 Å². The van der Waals surface area contributed by atoms with Crippen LogP contribution in [0.15, 0.2) is 0 Å². The summed E-state index contributed by atoms with van der Waals surface area (Å²) in [6.45, 7) is 3.52. The van der Waals surface area contributed by atoms with E-state index in [9.17, 15) is 0 Å². The minimum Gasteiger partial charge on any atom is -0.314 e. The van der Waals surface area contributed by atoms with Gasteiger partial charge in [0.05, 0.1) is 0 Å². The molecule has 0 bridgehead atoms. The molecule has 10 heavy (non-hydrogen) atoms. The Hall–Kier alpha value is 0.270. The summed E-state index contributed by atoms with van der Waals surface area (Å²) in [4.78, 5) is 0. The highest BCUT2D eigenvalue weighted by atomic mass is 32.2. The van der Waals surface area contributed by atoms with E-state index < -0.39 is 0 Å². The van der Waals surface area contributed by atoms with Crippen molar-refractivity contribution >= 4 is 11.8 Å². The lowest BCUT2D eigenvalue weighted by molar-refractivity contribution is 0.368. The number of nitrogens with one attached hydrogen (secondary N) is 2. The molecule has 0 saturated carbocycles. The molecule has 1 saturated heterocycles. The molecule has 1 fully saturated rings. The van der Waals surface area contributed by atoms with E-state index in [1.54, 1.807) is 0 Å². The third kappa shape index (κ3) is 2.90. The zero-order valence-corrected chi connectivity index (χ0v) is 7.34. The summed E-state index contributed by atoms with van der Waals surface area (Å²) < 4.78 is 0. The van der Waals surface area contributed by atoms with Crippen molar-refractivity contribution in [3.8, 4) is 0 Å². The molecule has 0 aliphatic carbocycles. The van der Waals surface area contributed by atoms with E-state index in [-0.39, 0.29) is 0 Å². The van der Waals surface area contributed by atoms with Gasteiger partial charge in [-0.2, -0.15) is 11.8 Å². The third-order valence-corrected chi connectivity index (χ3v) is 2.44. The summed E-state index contributed by atoms with van der Waals surface area (Å²) in [5.74, 6) is 1.28. The molecule has 2 N–H and O–H groups in total. The molecule has 1 heterocycles. The predicted octanol–water partition coefficient (Wildman–Crippen LogP) is 0.301. The van der Waals surface area contributed by atoms with Gasteiger partial charge in [0, 0.05) is 19.1 Å². The van der Waals surface area contributed by atoms with Gasteiger partial charge in [0.2, 0.25) is 0 Å². The Kier molecular flexibility index (Phi) is 4.18. The monoisotopic (exact) mass is 160 g/mol. The molecule has 1 rings (SSSR count). The Morgan fingerprint density at radius 3 is 2.90 bits per heavy atom. The molecule has 60 valence electrons. The van der Waals surface area contributed by atoms with E-state index in [1.165, 1.54) is 31.8 Å². The van der Waals surface area contributed by atoms with Gasteiger partial charge >= 0.3 is 0 Å². The summed E-state index contributed by atoms with van der Waals surface area (Å²) in [6, 6.07) is 0.766. The van der Waals surface area contributed by atoms with Crippen molar-refractivity contribution in [2.24, 2.45) is 0 Å². The molecule has 0 amide bonds. The molecule has 0 aromatic heterocycles. The second-order valence-electron chi connectivity index (χ2n) is 2.66. The maximum Gasteiger partial charge on any atom is 0.0317 e. The van der Waals surface area contributed by atoms with Crippen LogP contribution in [0, 0.1) is 0 Å². The maximum atomic E-state index is 3.48. The summed E-state index contributed by atoms with van der Waals surface area (Å²) in [5.41, 5.74) is 0. The molecule has 0 radical (unpaired) electrons.